The zero-order chi connectivity index (χ0) is 17.9. The second-order valence-electron chi connectivity index (χ2n) is 6.48. The second-order valence-corrected chi connectivity index (χ2v) is 6.48. The number of alkyl carbamates (subject to hydrolysis) is 1. The van der Waals surface area contributed by atoms with Crippen molar-refractivity contribution < 1.29 is 25.3 Å². The van der Waals surface area contributed by atoms with Crippen molar-refractivity contribution in [1.82, 2.24) is 10.2 Å². The highest BCUT2D eigenvalue weighted by Gasteiger charge is 2.31. The lowest BCUT2D eigenvalue weighted by molar-refractivity contribution is 0.0515. The minimum Gasteiger partial charge on any atom is -0.465 e. The van der Waals surface area contributed by atoms with Gasteiger partial charge in [-0.05, 0) is 38.5 Å². The van der Waals surface area contributed by atoms with E-state index in [0.717, 1.165) is 0 Å². The monoisotopic (exact) mass is 336 g/mol. The third kappa shape index (κ3) is 4.04. The normalized spacial score (nSPS) is 13.5. The summed E-state index contributed by atoms with van der Waals surface area (Å²) in [6, 6.07) is 4.98. The third-order valence-electron chi connectivity index (χ3n) is 3.50. The minimum absolute atomic E-state index is 0. The van der Waals surface area contributed by atoms with Crippen LogP contribution in [-0.2, 0) is 16.0 Å². The van der Waals surface area contributed by atoms with Gasteiger partial charge in [-0.15, -0.1) is 0 Å². The number of carbonyl (C=O) groups excluding carboxylic acids is 3. The molecule has 2 amide bonds. The van der Waals surface area contributed by atoms with E-state index in [0.29, 0.717) is 29.8 Å². The van der Waals surface area contributed by atoms with Gasteiger partial charge in [0, 0.05) is 26.6 Å². The molecule has 0 unspecified atom stereocenters. The number of rotatable bonds is 4. The first kappa shape index (κ1) is 17.8. The average molecular weight is 336 g/mol. The Labute approximate surface area is 142 Å². The fraction of sp³-hybridized carbons (Fsp3) is 0.471. The average Bonchev–Trinajstić information content (AvgIpc) is 2.81. The molecule has 0 aliphatic carbocycles. The van der Waals surface area contributed by atoms with Crippen LogP contribution in [0.15, 0.2) is 18.2 Å². The highest BCUT2D eigenvalue weighted by atomic mass is 16.6. The van der Waals surface area contributed by atoms with E-state index < -0.39 is 17.7 Å². The Morgan fingerprint density at radius 2 is 2.04 bits per heavy atom. The molecule has 1 aromatic rings. The summed E-state index contributed by atoms with van der Waals surface area (Å²) in [7, 11) is 1.31. The first-order valence-corrected chi connectivity index (χ1v) is 7.69. The fourth-order valence-electron chi connectivity index (χ4n) is 2.48. The van der Waals surface area contributed by atoms with E-state index in [9.17, 15) is 14.4 Å². The summed E-state index contributed by atoms with van der Waals surface area (Å²) in [6.45, 7) is 6.25. The molecule has 1 aliphatic heterocycles. The molecule has 0 spiro atoms. The SMILES string of the molecule is COC(=O)c1cccc2c1CN(CCNC(=O)OC(C)(C)C)C2=O.[HH]. The van der Waals surface area contributed by atoms with Gasteiger partial charge in [-0.1, -0.05) is 6.07 Å². The highest BCUT2D eigenvalue weighted by Crippen LogP contribution is 2.26. The molecule has 0 saturated heterocycles. The van der Waals surface area contributed by atoms with Crippen LogP contribution in [0.5, 0.6) is 0 Å². The van der Waals surface area contributed by atoms with Crippen molar-refractivity contribution in [1.29, 1.82) is 0 Å². The van der Waals surface area contributed by atoms with Gasteiger partial charge in [-0.25, -0.2) is 9.59 Å². The Morgan fingerprint density at radius 3 is 2.67 bits per heavy atom. The molecule has 132 valence electrons. The summed E-state index contributed by atoms with van der Waals surface area (Å²) in [5, 5.41) is 2.62. The number of carbonyl (C=O) groups is 3. The molecule has 1 N–H and O–H groups in total. The zero-order valence-corrected chi connectivity index (χ0v) is 14.3. The van der Waals surface area contributed by atoms with Crippen molar-refractivity contribution in [3.8, 4) is 0 Å². The van der Waals surface area contributed by atoms with Crippen LogP contribution in [-0.4, -0.2) is 48.7 Å². The molecular weight excluding hydrogens is 312 g/mol. The standard InChI is InChI=1S/C17H22N2O5.H2/c1-17(2,3)24-16(22)18-8-9-19-10-13-11(14(19)20)6-5-7-12(13)15(21)23-4;/h5-7H,8-10H2,1-4H3,(H,18,22);1H. The molecule has 0 radical (unpaired) electrons. The fourth-order valence-corrected chi connectivity index (χ4v) is 2.48. The van der Waals surface area contributed by atoms with Gasteiger partial charge in [-0.2, -0.15) is 0 Å². The number of esters is 1. The van der Waals surface area contributed by atoms with Crippen LogP contribution in [0, 0.1) is 0 Å². The number of methoxy groups -OCH3 is 1. The Balaban J connectivity index is 0.00000312. The van der Waals surface area contributed by atoms with Crippen LogP contribution in [0.3, 0.4) is 0 Å². The number of hydrogen-bond acceptors (Lipinski definition) is 5. The molecule has 7 heteroatoms. The van der Waals surface area contributed by atoms with Gasteiger partial charge in [0.2, 0.25) is 0 Å². The quantitative estimate of drug-likeness (QED) is 0.852. The molecule has 0 aromatic heterocycles. The first-order chi connectivity index (χ1) is 11.2. The predicted octanol–water partition coefficient (Wildman–Crippen LogP) is 2.20. The molecule has 0 fully saturated rings. The van der Waals surface area contributed by atoms with Gasteiger partial charge in [-0.3, -0.25) is 4.79 Å². The molecular formula is C17H24N2O5. The largest absolute Gasteiger partial charge is 0.465 e. The van der Waals surface area contributed by atoms with Gasteiger partial charge in [0.1, 0.15) is 5.60 Å². The molecule has 0 atom stereocenters. The van der Waals surface area contributed by atoms with E-state index >= 15 is 0 Å². The number of nitrogens with zero attached hydrogens (tertiary/aromatic N) is 1. The van der Waals surface area contributed by atoms with Crippen molar-refractivity contribution in [3.05, 3.63) is 34.9 Å². The van der Waals surface area contributed by atoms with E-state index in [4.69, 9.17) is 9.47 Å². The maximum absolute atomic E-state index is 12.4. The van der Waals surface area contributed by atoms with Gasteiger partial charge >= 0.3 is 12.1 Å². The number of benzene rings is 1. The molecule has 0 saturated carbocycles. The molecule has 7 nitrogen and oxygen atoms in total. The summed E-state index contributed by atoms with van der Waals surface area (Å²) in [4.78, 5) is 37.4. The van der Waals surface area contributed by atoms with E-state index in [2.05, 4.69) is 5.32 Å². The zero-order valence-electron chi connectivity index (χ0n) is 14.3. The Morgan fingerprint density at radius 1 is 1.33 bits per heavy atom. The minimum atomic E-state index is -0.570. The smallest absolute Gasteiger partial charge is 0.407 e. The van der Waals surface area contributed by atoms with E-state index in [1.54, 1.807) is 43.9 Å². The van der Waals surface area contributed by atoms with Crippen molar-refractivity contribution in [2.45, 2.75) is 32.9 Å². The van der Waals surface area contributed by atoms with Crippen molar-refractivity contribution >= 4 is 18.0 Å². The van der Waals surface area contributed by atoms with E-state index in [1.807, 2.05) is 0 Å². The molecule has 0 bridgehead atoms. The molecule has 1 aromatic carbocycles. The number of amides is 2. The number of ether oxygens (including phenoxy) is 2. The maximum atomic E-state index is 12.4. The lowest BCUT2D eigenvalue weighted by atomic mass is 10.0. The maximum Gasteiger partial charge on any atom is 0.407 e. The van der Waals surface area contributed by atoms with Crippen LogP contribution >= 0.6 is 0 Å². The Bertz CT molecular complexity index is 669. The Kier molecular flexibility index (Phi) is 5.11. The van der Waals surface area contributed by atoms with E-state index in [1.165, 1.54) is 7.11 Å². The lowest BCUT2D eigenvalue weighted by Gasteiger charge is -2.21. The van der Waals surface area contributed by atoms with Crippen molar-refractivity contribution in [2.75, 3.05) is 20.2 Å². The van der Waals surface area contributed by atoms with Gasteiger partial charge < -0.3 is 19.7 Å². The van der Waals surface area contributed by atoms with E-state index in [-0.39, 0.29) is 13.9 Å². The van der Waals surface area contributed by atoms with Gasteiger partial charge in [0.05, 0.1) is 12.7 Å². The van der Waals surface area contributed by atoms with Crippen LogP contribution < -0.4 is 5.32 Å². The Hall–Kier alpha value is -2.57. The molecule has 1 heterocycles. The van der Waals surface area contributed by atoms with Crippen LogP contribution in [0.4, 0.5) is 4.79 Å². The van der Waals surface area contributed by atoms with Gasteiger partial charge in [0.25, 0.3) is 5.91 Å². The summed E-state index contributed by atoms with van der Waals surface area (Å²) in [5.74, 6) is -0.630. The molecule has 1 aliphatic rings. The van der Waals surface area contributed by atoms with Gasteiger partial charge in [0.15, 0.2) is 0 Å². The molecule has 24 heavy (non-hydrogen) atoms. The second kappa shape index (κ2) is 6.90. The lowest BCUT2D eigenvalue weighted by Crippen LogP contribution is -2.38. The van der Waals surface area contributed by atoms with Crippen LogP contribution in [0.1, 0.15) is 48.5 Å². The van der Waals surface area contributed by atoms with Crippen molar-refractivity contribution in [3.63, 3.8) is 0 Å². The summed E-state index contributed by atoms with van der Waals surface area (Å²) >= 11 is 0. The summed E-state index contributed by atoms with van der Waals surface area (Å²) < 4.78 is 9.89. The first-order valence-electron chi connectivity index (χ1n) is 7.69. The topological polar surface area (TPSA) is 84.9 Å². The van der Waals surface area contributed by atoms with Crippen LogP contribution in [0.25, 0.3) is 0 Å². The third-order valence-corrected chi connectivity index (χ3v) is 3.50. The highest BCUT2D eigenvalue weighted by molar-refractivity contribution is 6.03. The summed E-state index contributed by atoms with van der Waals surface area (Å²) in [6.07, 6.45) is -0.526. The number of fused-ring (bicyclic) bond motifs is 1. The molecule has 2 rings (SSSR count). The predicted molar refractivity (Wildman–Crippen MR) is 88.9 cm³/mol. The number of hydrogen-bond donors (Lipinski definition) is 1. The summed E-state index contributed by atoms with van der Waals surface area (Å²) in [5.41, 5.74) is 0.979. The van der Waals surface area contributed by atoms with Crippen LogP contribution in [0.2, 0.25) is 0 Å². The number of nitrogens with one attached hydrogen (secondary N) is 1. The van der Waals surface area contributed by atoms with Crippen molar-refractivity contribution in [2.24, 2.45) is 0 Å².